The van der Waals surface area contributed by atoms with Gasteiger partial charge in [0.2, 0.25) is 0 Å². The summed E-state index contributed by atoms with van der Waals surface area (Å²) in [5.41, 5.74) is 2.38. The smallest absolute Gasteiger partial charge is 0.0964 e. The van der Waals surface area contributed by atoms with Crippen molar-refractivity contribution in [2.24, 2.45) is 5.10 Å². The van der Waals surface area contributed by atoms with Crippen LogP contribution in [0.5, 0.6) is 0 Å². The van der Waals surface area contributed by atoms with E-state index in [1.54, 1.807) is 4.90 Å². The summed E-state index contributed by atoms with van der Waals surface area (Å²) in [6.07, 6.45) is 1.96. The third-order valence-electron chi connectivity index (χ3n) is 3.37. The van der Waals surface area contributed by atoms with Crippen molar-refractivity contribution < 1.29 is 4.90 Å². The third kappa shape index (κ3) is 3.47. The first-order valence-corrected chi connectivity index (χ1v) is 6.53. The van der Waals surface area contributed by atoms with Crippen LogP contribution in [0.15, 0.2) is 29.4 Å². The molecule has 1 aliphatic rings. The molecule has 0 aliphatic carbocycles. The molecule has 98 valence electrons. The average molecular weight is 247 g/mol. The van der Waals surface area contributed by atoms with E-state index in [2.05, 4.69) is 60.4 Å². The molecule has 0 atom stereocenters. The van der Waals surface area contributed by atoms with Crippen LogP contribution < -0.4 is 9.80 Å². The van der Waals surface area contributed by atoms with Crippen LogP contribution in [-0.4, -0.2) is 58.5 Å². The van der Waals surface area contributed by atoms with E-state index in [4.69, 9.17) is 0 Å². The van der Waals surface area contributed by atoms with Gasteiger partial charge in [0.05, 0.1) is 39.4 Å². The van der Waals surface area contributed by atoms with E-state index in [0.29, 0.717) is 0 Å². The van der Waals surface area contributed by atoms with Gasteiger partial charge in [0.25, 0.3) is 0 Å². The number of quaternary nitrogens is 1. The number of likely N-dealkylation sites (N-methyl/N-ethyl adjacent to an activating group) is 1. The summed E-state index contributed by atoms with van der Waals surface area (Å²) < 4.78 is 0. The lowest BCUT2D eigenvalue weighted by atomic mass is 10.2. The van der Waals surface area contributed by atoms with Crippen molar-refractivity contribution in [1.29, 1.82) is 0 Å². The first-order valence-electron chi connectivity index (χ1n) is 6.53. The highest BCUT2D eigenvalue weighted by Gasteiger charge is 2.13. The Bertz CT molecular complexity index is 389. The van der Waals surface area contributed by atoms with Crippen molar-refractivity contribution in [1.82, 2.24) is 5.01 Å². The molecular formula is C14H23N4+. The standard InChI is InChI=1S/C14H22N4/c1-16(2)14-6-4-13(5-7-14)12-15-18-10-8-17(3)9-11-18/h4-7,12H,8-11H2,1-3H3/p+1/b15-12-. The molecule has 1 aliphatic heterocycles. The Morgan fingerprint density at radius 1 is 1.17 bits per heavy atom. The van der Waals surface area contributed by atoms with Crippen LogP contribution >= 0.6 is 0 Å². The summed E-state index contributed by atoms with van der Waals surface area (Å²) in [5.74, 6) is 0. The zero-order valence-electron chi connectivity index (χ0n) is 11.6. The Kier molecular flexibility index (Phi) is 4.20. The molecule has 1 aromatic carbocycles. The molecule has 2 rings (SSSR count). The first kappa shape index (κ1) is 12.9. The van der Waals surface area contributed by atoms with Crippen LogP contribution in [0.1, 0.15) is 5.56 Å². The van der Waals surface area contributed by atoms with Gasteiger partial charge in [-0.05, 0) is 17.7 Å². The van der Waals surface area contributed by atoms with Crippen molar-refractivity contribution in [2.75, 3.05) is 52.2 Å². The van der Waals surface area contributed by atoms with Gasteiger partial charge in [0, 0.05) is 19.8 Å². The third-order valence-corrected chi connectivity index (χ3v) is 3.37. The fraction of sp³-hybridized carbons (Fsp3) is 0.500. The maximum absolute atomic E-state index is 4.54. The van der Waals surface area contributed by atoms with Gasteiger partial charge in [-0.2, -0.15) is 5.10 Å². The van der Waals surface area contributed by atoms with E-state index in [1.165, 1.54) is 18.8 Å². The molecule has 0 aromatic heterocycles. The molecule has 1 heterocycles. The van der Waals surface area contributed by atoms with E-state index in [0.717, 1.165) is 18.7 Å². The van der Waals surface area contributed by atoms with Crippen molar-refractivity contribution in [3.8, 4) is 0 Å². The molecule has 4 nitrogen and oxygen atoms in total. The average Bonchev–Trinajstić information content (AvgIpc) is 2.38. The molecule has 0 radical (unpaired) electrons. The number of hydrazone groups is 1. The summed E-state index contributed by atoms with van der Waals surface area (Å²) in [6, 6.07) is 8.46. The number of benzene rings is 1. The molecule has 0 amide bonds. The summed E-state index contributed by atoms with van der Waals surface area (Å²) >= 11 is 0. The van der Waals surface area contributed by atoms with Gasteiger partial charge < -0.3 is 9.80 Å². The predicted molar refractivity (Wildman–Crippen MR) is 76.6 cm³/mol. The second kappa shape index (κ2) is 5.87. The highest BCUT2D eigenvalue weighted by molar-refractivity contribution is 5.80. The maximum atomic E-state index is 4.54. The monoisotopic (exact) mass is 247 g/mol. The molecule has 0 saturated carbocycles. The van der Waals surface area contributed by atoms with E-state index in [9.17, 15) is 0 Å². The summed E-state index contributed by atoms with van der Waals surface area (Å²) in [4.78, 5) is 3.70. The number of nitrogens with zero attached hydrogens (tertiary/aromatic N) is 3. The van der Waals surface area contributed by atoms with Gasteiger partial charge in [-0.3, -0.25) is 5.01 Å². The summed E-state index contributed by atoms with van der Waals surface area (Å²) in [5, 5.41) is 6.70. The molecule has 1 N–H and O–H groups in total. The largest absolute Gasteiger partial charge is 0.378 e. The lowest BCUT2D eigenvalue weighted by molar-refractivity contribution is -0.884. The molecule has 4 heteroatoms. The molecule has 1 saturated heterocycles. The van der Waals surface area contributed by atoms with Crippen molar-refractivity contribution in [3.05, 3.63) is 29.8 Å². The lowest BCUT2D eigenvalue weighted by Gasteiger charge is -2.27. The topological polar surface area (TPSA) is 23.3 Å². The number of hydrogen-bond acceptors (Lipinski definition) is 3. The quantitative estimate of drug-likeness (QED) is 0.755. The van der Waals surface area contributed by atoms with Gasteiger partial charge in [-0.15, -0.1) is 0 Å². The second-order valence-electron chi connectivity index (χ2n) is 5.14. The van der Waals surface area contributed by atoms with Gasteiger partial charge in [-0.25, -0.2) is 0 Å². The van der Waals surface area contributed by atoms with Crippen LogP contribution in [0.25, 0.3) is 0 Å². The minimum absolute atomic E-state index is 1.05. The zero-order valence-corrected chi connectivity index (χ0v) is 11.6. The molecule has 0 bridgehead atoms. The molecule has 0 spiro atoms. The fourth-order valence-electron chi connectivity index (χ4n) is 2.00. The molecule has 1 fully saturated rings. The highest BCUT2D eigenvalue weighted by atomic mass is 15.5. The van der Waals surface area contributed by atoms with Crippen molar-refractivity contribution >= 4 is 11.9 Å². The second-order valence-corrected chi connectivity index (χ2v) is 5.14. The van der Waals surface area contributed by atoms with Crippen LogP contribution in [0, 0.1) is 0 Å². The van der Waals surface area contributed by atoms with E-state index in [-0.39, 0.29) is 0 Å². The lowest BCUT2D eigenvalue weighted by Crippen LogP contribution is -3.11. The van der Waals surface area contributed by atoms with E-state index in [1.807, 2.05) is 6.21 Å². The van der Waals surface area contributed by atoms with Crippen LogP contribution in [0.3, 0.4) is 0 Å². The van der Waals surface area contributed by atoms with E-state index < -0.39 is 0 Å². The Balaban J connectivity index is 1.92. The van der Waals surface area contributed by atoms with Crippen molar-refractivity contribution in [2.45, 2.75) is 0 Å². The molecule has 18 heavy (non-hydrogen) atoms. The molecule has 1 aromatic rings. The van der Waals surface area contributed by atoms with Gasteiger partial charge in [0.1, 0.15) is 0 Å². The minimum Gasteiger partial charge on any atom is -0.378 e. The van der Waals surface area contributed by atoms with Crippen LogP contribution in [0.2, 0.25) is 0 Å². The number of nitrogens with one attached hydrogen (secondary N) is 1. The highest BCUT2D eigenvalue weighted by Crippen LogP contribution is 2.11. The Morgan fingerprint density at radius 3 is 2.33 bits per heavy atom. The van der Waals surface area contributed by atoms with Crippen LogP contribution in [-0.2, 0) is 0 Å². The summed E-state index contributed by atoms with van der Waals surface area (Å²) in [7, 11) is 6.34. The van der Waals surface area contributed by atoms with Gasteiger partial charge >= 0.3 is 0 Å². The van der Waals surface area contributed by atoms with Gasteiger partial charge in [-0.1, -0.05) is 12.1 Å². The SMILES string of the molecule is CN(C)c1ccc(/C=N\N2CC[NH+](C)CC2)cc1. The molecular weight excluding hydrogens is 224 g/mol. The number of hydrogen-bond donors (Lipinski definition) is 1. The Morgan fingerprint density at radius 2 is 1.78 bits per heavy atom. The zero-order chi connectivity index (χ0) is 13.0. The van der Waals surface area contributed by atoms with Gasteiger partial charge in [0.15, 0.2) is 0 Å². The minimum atomic E-state index is 1.05. The number of piperazine rings is 1. The van der Waals surface area contributed by atoms with Crippen molar-refractivity contribution in [3.63, 3.8) is 0 Å². The Hall–Kier alpha value is -1.55. The molecule has 0 unspecified atom stereocenters. The normalized spacial score (nSPS) is 17.4. The fourth-order valence-corrected chi connectivity index (χ4v) is 2.00. The van der Waals surface area contributed by atoms with E-state index >= 15 is 0 Å². The van der Waals surface area contributed by atoms with Crippen LogP contribution in [0.4, 0.5) is 5.69 Å². The number of anilines is 1. The maximum Gasteiger partial charge on any atom is 0.0964 e. The number of rotatable bonds is 3. The first-order chi connectivity index (χ1) is 8.65. The Labute approximate surface area is 109 Å². The predicted octanol–water partition coefficient (Wildman–Crippen LogP) is -0.0832. The summed E-state index contributed by atoms with van der Waals surface area (Å²) in [6.45, 7) is 4.46.